The first-order chi connectivity index (χ1) is 8.56. The topological polar surface area (TPSA) is 75.6 Å². The molecule has 0 aliphatic heterocycles. The molecule has 0 bridgehead atoms. The number of methoxy groups -OCH3 is 1. The van der Waals surface area contributed by atoms with Gasteiger partial charge in [0.05, 0.1) is 19.6 Å². The van der Waals surface area contributed by atoms with E-state index < -0.39 is 12.1 Å². The minimum atomic E-state index is -1.33. The van der Waals surface area contributed by atoms with Crippen molar-refractivity contribution in [3.63, 3.8) is 0 Å². The van der Waals surface area contributed by atoms with Crippen LogP contribution < -0.4 is 5.32 Å². The standard InChI is InChI=1S/C13H17NO4/c1-9(10-6-4-3-5-7-10)12(16)14-8-11(15)13(17)18-2/h3-7,9,11,15H,8H2,1-2H3,(H,14,16). The molecule has 1 aromatic carbocycles. The number of ether oxygens (including phenoxy) is 1. The van der Waals surface area contributed by atoms with Crippen molar-refractivity contribution < 1.29 is 19.4 Å². The number of esters is 1. The van der Waals surface area contributed by atoms with Crippen LogP contribution in [0.5, 0.6) is 0 Å². The number of carbonyl (C=O) groups is 2. The second kappa shape index (κ2) is 6.76. The molecule has 2 unspecified atom stereocenters. The SMILES string of the molecule is COC(=O)C(O)CNC(=O)C(C)c1ccccc1. The predicted molar refractivity (Wildman–Crippen MR) is 65.9 cm³/mol. The van der Waals surface area contributed by atoms with Crippen molar-refractivity contribution in [1.29, 1.82) is 0 Å². The average molecular weight is 251 g/mol. The number of rotatable bonds is 5. The molecule has 98 valence electrons. The van der Waals surface area contributed by atoms with Crippen LogP contribution >= 0.6 is 0 Å². The van der Waals surface area contributed by atoms with Gasteiger partial charge in [-0.15, -0.1) is 0 Å². The van der Waals surface area contributed by atoms with E-state index in [0.29, 0.717) is 0 Å². The summed E-state index contributed by atoms with van der Waals surface area (Å²) in [5.41, 5.74) is 0.877. The van der Waals surface area contributed by atoms with Crippen LogP contribution in [0.25, 0.3) is 0 Å². The fourth-order valence-corrected chi connectivity index (χ4v) is 1.46. The van der Waals surface area contributed by atoms with E-state index in [-0.39, 0.29) is 18.4 Å². The maximum Gasteiger partial charge on any atom is 0.336 e. The summed E-state index contributed by atoms with van der Waals surface area (Å²) in [7, 11) is 1.18. The van der Waals surface area contributed by atoms with Crippen LogP contribution in [0, 0.1) is 0 Å². The smallest absolute Gasteiger partial charge is 0.336 e. The number of aliphatic hydroxyl groups excluding tert-OH is 1. The Morgan fingerprint density at radius 1 is 1.33 bits per heavy atom. The van der Waals surface area contributed by atoms with E-state index in [9.17, 15) is 14.7 Å². The molecule has 0 aromatic heterocycles. The molecule has 0 heterocycles. The zero-order valence-electron chi connectivity index (χ0n) is 10.4. The quantitative estimate of drug-likeness (QED) is 0.745. The van der Waals surface area contributed by atoms with E-state index in [1.807, 2.05) is 30.3 Å². The molecule has 0 aliphatic rings. The van der Waals surface area contributed by atoms with Crippen molar-refractivity contribution >= 4 is 11.9 Å². The largest absolute Gasteiger partial charge is 0.467 e. The summed E-state index contributed by atoms with van der Waals surface area (Å²) in [6, 6.07) is 9.27. The Morgan fingerprint density at radius 3 is 2.50 bits per heavy atom. The van der Waals surface area contributed by atoms with Gasteiger partial charge < -0.3 is 15.2 Å². The van der Waals surface area contributed by atoms with Gasteiger partial charge in [-0.25, -0.2) is 4.79 Å². The number of carbonyl (C=O) groups excluding carboxylic acids is 2. The van der Waals surface area contributed by atoms with Gasteiger partial charge in [-0.3, -0.25) is 4.79 Å². The normalized spacial score (nSPS) is 13.5. The van der Waals surface area contributed by atoms with Gasteiger partial charge in [0, 0.05) is 0 Å². The summed E-state index contributed by atoms with van der Waals surface area (Å²) in [6.45, 7) is 1.61. The second-order valence-electron chi connectivity index (χ2n) is 3.92. The summed E-state index contributed by atoms with van der Waals surface area (Å²) in [5, 5.41) is 11.8. The summed E-state index contributed by atoms with van der Waals surface area (Å²) >= 11 is 0. The number of hydrogen-bond donors (Lipinski definition) is 2. The first kappa shape index (κ1) is 14.2. The van der Waals surface area contributed by atoms with E-state index in [1.165, 1.54) is 7.11 Å². The summed E-state index contributed by atoms with van der Waals surface area (Å²) in [4.78, 5) is 22.7. The molecular formula is C13H17NO4. The lowest BCUT2D eigenvalue weighted by Gasteiger charge is -2.14. The molecular weight excluding hydrogens is 234 g/mol. The fourth-order valence-electron chi connectivity index (χ4n) is 1.46. The fraction of sp³-hybridized carbons (Fsp3) is 0.385. The Balaban J connectivity index is 2.49. The Morgan fingerprint density at radius 2 is 1.94 bits per heavy atom. The van der Waals surface area contributed by atoms with Crippen LogP contribution in [0.2, 0.25) is 0 Å². The predicted octanol–water partition coefficient (Wildman–Crippen LogP) is 0.440. The van der Waals surface area contributed by atoms with Gasteiger partial charge in [0.1, 0.15) is 0 Å². The van der Waals surface area contributed by atoms with Gasteiger partial charge in [0.25, 0.3) is 0 Å². The lowest BCUT2D eigenvalue weighted by Crippen LogP contribution is -2.38. The highest BCUT2D eigenvalue weighted by Gasteiger charge is 2.19. The molecule has 1 rings (SSSR count). The molecule has 0 saturated heterocycles. The first-order valence-electron chi connectivity index (χ1n) is 5.64. The number of aliphatic hydroxyl groups is 1. The average Bonchev–Trinajstić information content (AvgIpc) is 2.43. The molecule has 1 amide bonds. The van der Waals surface area contributed by atoms with Crippen molar-refractivity contribution in [2.45, 2.75) is 18.9 Å². The molecule has 2 atom stereocenters. The molecule has 0 fully saturated rings. The van der Waals surface area contributed by atoms with E-state index in [1.54, 1.807) is 6.92 Å². The van der Waals surface area contributed by atoms with Gasteiger partial charge in [0.2, 0.25) is 5.91 Å². The Bertz CT molecular complexity index is 405. The monoisotopic (exact) mass is 251 g/mol. The molecule has 1 aromatic rings. The second-order valence-corrected chi connectivity index (χ2v) is 3.92. The lowest BCUT2D eigenvalue weighted by molar-refractivity contribution is -0.150. The number of amides is 1. The Hall–Kier alpha value is -1.88. The molecule has 0 aliphatic carbocycles. The molecule has 0 radical (unpaired) electrons. The third kappa shape index (κ3) is 3.85. The minimum Gasteiger partial charge on any atom is -0.467 e. The maximum atomic E-state index is 11.8. The van der Waals surface area contributed by atoms with Gasteiger partial charge in [0.15, 0.2) is 6.10 Å². The molecule has 5 heteroatoms. The van der Waals surface area contributed by atoms with Crippen molar-refractivity contribution in [3.8, 4) is 0 Å². The van der Waals surface area contributed by atoms with Crippen molar-refractivity contribution in [1.82, 2.24) is 5.32 Å². The summed E-state index contributed by atoms with van der Waals surface area (Å²) in [5.74, 6) is -1.34. The van der Waals surface area contributed by atoms with E-state index in [4.69, 9.17) is 0 Å². The van der Waals surface area contributed by atoms with E-state index in [2.05, 4.69) is 10.1 Å². The number of nitrogens with one attached hydrogen (secondary N) is 1. The van der Waals surface area contributed by atoms with Gasteiger partial charge in [-0.2, -0.15) is 0 Å². The molecule has 18 heavy (non-hydrogen) atoms. The zero-order chi connectivity index (χ0) is 13.5. The van der Waals surface area contributed by atoms with Crippen LogP contribution in [0.4, 0.5) is 0 Å². The number of benzene rings is 1. The maximum absolute atomic E-state index is 11.8. The molecule has 5 nitrogen and oxygen atoms in total. The summed E-state index contributed by atoms with van der Waals surface area (Å²) in [6.07, 6.45) is -1.33. The van der Waals surface area contributed by atoms with Crippen molar-refractivity contribution in [2.75, 3.05) is 13.7 Å². The highest BCUT2D eigenvalue weighted by atomic mass is 16.5. The van der Waals surface area contributed by atoms with Gasteiger partial charge in [-0.1, -0.05) is 30.3 Å². The van der Waals surface area contributed by atoms with Crippen LogP contribution in [0.1, 0.15) is 18.4 Å². The van der Waals surface area contributed by atoms with E-state index in [0.717, 1.165) is 5.56 Å². The van der Waals surface area contributed by atoms with Crippen LogP contribution in [-0.4, -0.2) is 36.7 Å². The van der Waals surface area contributed by atoms with Crippen LogP contribution in [0.3, 0.4) is 0 Å². The molecule has 2 N–H and O–H groups in total. The highest BCUT2D eigenvalue weighted by Crippen LogP contribution is 2.14. The van der Waals surface area contributed by atoms with Crippen LogP contribution in [-0.2, 0) is 14.3 Å². The summed E-state index contributed by atoms with van der Waals surface area (Å²) < 4.78 is 4.35. The number of hydrogen-bond acceptors (Lipinski definition) is 4. The van der Waals surface area contributed by atoms with Crippen molar-refractivity contribution in [3.05, 3.63) is 35.9 Å². The first-order valence-corrected chi connectivity index (χ1v) is 5.64. The van der Waals surface area contributed by atoms with Crippen LogP contribution in [0.15, 0.2) is 30.3 Å². The molecule has 0 spiro atoms. The third-order valence-corrected chi connectivity index (χ3v) is 2.64. The zero-order valence-corrected chi connectivity index (χ0v) is 10.4. The highest BCUT2D eigenvalue weighted by molar-refractivity contribution is 5.84. The Kier molecular flexibility index (Phi) is 5.32. The lowest BCUT2D eigenvalue weighted by atomic mass is 10.0. The Labute approximate surface area is 106 Å². The van der Waals surface area contributed by atoms with E-state index >= 15 is 0 Å². The van der Waals surface area contributed by atoms with Crippen molar-refractivity contribution in [2.24, 2.45) is 0 Å². The van der Waals surface area contributed by atoms with Gasteiger partial charge in [-0.05, 0) is 12.5 Å². The minimum absolute atomic E-state index is 0.150. The van der Waals surface area contributed by atoms with Gasteiger partial charge >= 0.3 is 5.97 Å². The molecule has 0 saturated carbocycles. The third-order valence-electron chi connectivity index (χ3n) is 2.64.